The van der Waals surface area contributed by atoms with Gasteiger partial charge in [-0.1, -0.05) is 13.3 Å². The third kappa shape index (κ3) is 5.22. The van der Waals surface area contributed by atoms with Crippen LogP contribution in [0.15, 0.2) is 24.3 Å². The molecule has 1 aromatic carbocycles. The summed E-state index contributed by atoms with van der Waals surface area (Å²) in [5.41, 5.74) is 0.485. The van der Waals surface area contributed by atoms with Crippen molar-refractivity contribution in [2.75, 3.05) is 11.5 Å². The summed E-state index contributed by atoms with van der Waals surface area (Å²) in [4.78, 5) is 11.7. The quantitative estimate of drug-likeness (QED) is 0.703. The normalized spacial score (nSPS) is 12.4. The summed E-state index contributed by atoms with van der Waals surface area (Å²) < 4.78 is 24.1. The molecule has 0 saturated carbocycles. The second-order valence-corrected chi connectivity index (χ2v) is 5.58. The lowest BCUT2D eigenvalue weighted by Gasteiger charge is -2.02. The maximum absolute atomic E-state index is 12.6. The molecule has 0 radical (unpaired) electrons. The van der Waals surface area contributed by atoms with Gasteiger partial charge in [0.2, 0.25) is 0 Å². The molecule has 1 rings (SSSR count). The molecule has 0 aliphatic heterocycles. The molecule has 0 N–H and O–H groups in total. The van der Waals surface area contributed by atoms with Gasteiger partial charge in [-0.05, 0) is 30.7 Å². The molecule has 2 nitrogen and oxygen atoms in total. The van der Waals surface area contributed by atoms with E-state index in [0.29, 0.717) is 17.1 Å². The van der Waals surface area contributed by atoms with E-state index in [1.54, 1.807) is 0 Å². The Morgan fingerprint density at radius 2 is 1.88 bits per heavy atom. The molecule has 1 aromatic rings. The lowest BCUT2D eigenvalue weighted by Crippen LogP contribution is -2.08. The first-order valence-electron chi connectivity index (χ1n) is 5.77. The van der Waals surface area contributed by atoms with Gasteiger partial charge in [0.15, 0.2) is 5.78 Å². The first-order chi connectivity index (χ1) is 8.13. The van der Waals surface area contributed by atoms with Gasteiger partial charge in [0.25, 0.3) is 0 Å². The molecule has 0 aliphatic rings. The van der Waals surface area contributed by atoms with Crippen molar-refractivity contribution in [3.8, 4) is 0 Å². The molecule has 0 spiro atoms. The summed E-state index contributed by atoms with van der Waals surface area (Å²) in [6, 6.07) is 5.46. The number of carbonyl (C=O) groups is 1. The Morgan fingerprint density at radius 3 is 2.47 bits per heavy atom. The van der Waals surface area contributed by atoms with Crippen LogP contribution in [-0.4, -0.2) is 21.5 Å². The van der Waals surface area contributed by atoms with E-state index in [4.69, 9.17) is 0 Å². The molecule has 94 valence electrons. The van der Waals surface area contributed by atoms with Crippen LogP contribution in [0.25, 0.3) is 0 Å². The van der Waals surface area contributed by atoms with E-state index in [2.05, 4.69) is 0 Å². The summed E-state index contributed by atoms with van der Waals surface area (Å²) in [6.45, 7) is 2.04. The summed E-state index contributed by atoms with van der Waals surface area (Å²) in [7, 11) is -0.914. The van der Waals surface area contributed by atoms with E-state index in [-0.39, 0.29) is 18.0 Å². The van der Waals surface area contributed by atoms with E-state index >= 15 is 0 Å². The Kier molecular flexibility index (Phi) is 6.05. The van der Waals surface area contributed by atoms with Crippen molar-refractivity contribution in [1.82, 2.24) is 0 Å². The smallest absolute Gasteiger partial charge is 0.163 e. The van der Waals surface area contributed by atoms with Crippen LogP contribution in [0.5, 0.6) is 0 Å². The predicted octanol–water partition coefficient (Wildman–Crippen LogP) is 2.95. The van der Waals surface area contributed by atoms with Gasteiger partial charge < -0.3 is 0 Å². The number of benzene rings is 1. The number of Topliss-reactive ketones (excluding diaryl/α,β-unsaturated/α-hetero) is 1. The predicted molar refractivity (Wildman–Crippen MR) is 68.1 cm³/mol. The SMILES string of the molecule is CCCCS(=O)CCC(=O)c1ccc(F)cc1. The molecule has 0 fully saturated rings. The number of ketones is 1. The van der Waals surface area contributed by atoms with Crippen molar-refractivity contribution >= 4 is 16.6 Å². The molecule has 1 atom stereocenters. The van der Waals surface area contributed by atoms with Crippen LogP contribution in [0.4, 0.5) is 4.39 Å². The molecule has 0 heterocycles. The highest BCUT2D eigenvalue weighted by Gasteiger charge is 2.08. The minimum atomic E-state index is -0.914. The van der Waals surface area contributed by atoms with E-state index in [0.717, 1.165) is 12.8 Å². The highest BCUT2D eigenvalue weighted by molar-refractivity contribution is 7.84. The van der Waals surface area contributed by atoms with Gasteiger partial charge in [-0.3, -0.25) is 9.00 Å². The molecule has 0 amide bonds. The van der Waals surface area contributed by atoms with Crippen LogP contribution < -0.4 is 0 Å². The van der Waals surface area contributed by atoms with Crippen LogP contribution in [0, 0.1) is 5.82 Å². The van der Waals surface area contributed by atoms with Gasteiger partial charge in [-0.2, -0.15) is 0 Å². The molecule has 17 heavy (non-hydrogen) atoms. The van der Waals surface area contributed by atoms with Crippen molar-refractivity contribution in [1.29, 1.82) is 0 Å². The molecular formula is C13H17FO2S. The Labute approximate surface area is 104 Å². The number of carbonyl (C=O) groups excluding carboxylic acids is 1. The Hall–Kier alpha value is -1.03. The van der Waals surface area contributed by atoms with Crippen LogP contribution >= 0.6 is 0 Å². The zero-order valence-electron chi connectivity index (χ0n) is 9.95. The molecule has 0 aromatic heterocycles. The molecule has 0 bridgehead atoms. The van der Waals surface area contributed by atoms with E-state index in [1.807, 2.05) is 6.92 Å². The van der Waals surface area contributed by atoms with Gasteiger partial charge in [0.1, 0.15) is 5.82 Å². The van der Waals surface area contributed by atoms with Gasteiger partial charge in [0, 0.05) is 34.3 Å². The van der Waals surface area contributed by atoms with Gasteiger partial charge >= 0.3 is 0 Å². The summed E-state index contributed by atoms with van der Waals surface area (Å²) in [5, 5.41) is 0. The lowest BCUT2D eigenvalue weighted by molar-refractivity contribution is 0.0989. The largest absolute Gasteiger partial charge is 0.294 e. The van der Waals surface area contributed by atoms with Crippen molar-refractivity contribution in [3.63, 3.8) is 0 Å². The standard InChI is InChI=1S/C13H17FO2S/c1-2-3-9-17(16)10-8-13(15)11-4-6-12(14)7-5-11/h4-7H,2-3,8-10H2,1H3. The molecule has 1 unspecified atom stereocenters. The third-order valence-corrected chi connectivity index (χ3v) is 3.85. The maximum atomic E-state index is 12.6. The topological polar surface area (TPSA) is 34.1 Å². The first-order valence-corrected chi connectivity index (χ1v) is 7.26. The minimum absolute atomic E-state index is 0.0742. The molecule has 0 aliphatic carbocycles. The van der Waals surface area contributed by atoms with Gasteiger partial charge in [0.05, 0.1) is 0 Å². The fourth-order valence-corrected chi connectivity index (χ4v) is 2.62. The number of hydrogen-bond acceptors (Lipinski definition) is 2. The van der Waals surface area contributed by atoms with Crippen LogP contribution in [0.3, 0.4) is 0 Å². The fraction of sp³-hybridized carbons (Fsp3) is 0.462. The van der Waals surface area contributed by atoms with E-state index < -0.39 is 10.8 Å². The first kappa shape index (κ1) is 14.0. The highest BCUT2D eigenvalue weighted by Crippen LogP contribution is 2.06. The Bertz CT molecular complexity index is 387. The second-order valence-electron chi connectivity index (χ2n) is 3.88. The highest BCUT2D eigenvalue weighted by atomic mass is 32.2. The lowest BCUT2D eigenvalue weighted by atomic mass is 10.1. The summed E-state index contributed by atoms with van der Waals surface area (Å²) in [5.74, 6) is 0.631. The van der Waals surface area contributed by atoms with Crippen LogP contribution in [-0.2, 0) is 10.8 Å². The summed E-state index contributed by atoms with van der Waals surface area (Å²) in [6.07, 6.45) is 2.21. The number of halogens is 1. The minimum Gasteiger partial charge on any atom is -0.294 e. The van der Waals surface area contributed by atoms with Gasteiger partial charge in [-0.25, -0.2) is 4.39 Å². The van der Waals surface area contributed by atoms with Crippen molar-refractivity contribution in [2.45, 2.75) is 26.2 Å². The molecular weight excluding hydrogens is 239 g/mol. The average molecular weight is 256 g/mol. The van der Waals surface area contributed by atoms with Crippen molar-refractivity contribution in [3.05, 3.63) is 35.6 Å². The van der Waals surface area contributed by atoms with Crippen molar-refractivity contribution in [2.24, 2.45) is 0 Å². The van der Waals surface area contributed by atoms with E-state index in [9.17, 15) is 13.4 Å². The Morgan fingerprint density at radius 1 is 1.24 bits per heavy atom. The van der Waals surface area contributed by atoms with Crippen LogP contribution in [0.1, 0.15) is 36.5 Å². The maximum Gasteiger partial charge on any atom is 0.163 e. The molecule has 0 saturated heterocycles. The van der Waals surface area contributed by atoms with Crippen LogP contribution in [0.2, 0.25) is 0 Å². The fourth-order valence-electron chi connectivity index (χ4n) is 1.39. The van der Waals surface area contributed by atoms with Gasteiger partial charge in [-0.15, -0.1) is 0 Å². The zero-order valence-corrected chi connectivity index (χ0v) is 10.8. The second kappa shape index (κ2) is 7.33. The number of unbranched alkanes of at least 4 members (excludes halogenated alkanes) is 1. The summed E-state index contributed by atoms with van der Waals surface area (Å²) >= 11 is 0. The molecule has 4 heteroatoms. The monoisotopic (exact) mass is 256 g/mol. The van der Waals surface area contributed by atoms with Crippen molar-refractivity contribution < 1.29 is 13.4 Å². The third-order valence-electron chi connectivity index (χ3n) is 2.45. The van der Waals surface area contributed by atoms with E-state index in [1.165, 1.54) is 24.3 Å². The zero-order chi connectivity index (χ0) is 12.7. The Balaban J connectivity index is 2.39. The number of rotatable bonds is 7. The average Bonchev–Trinajstić information content (AvgIpc) is 2.34. The number of hydrogen-bond donors (Lipinski definition) is 0.